The normalized spacial score (nSPS) is 28.9. The second-order valence-electron chi connectivity index (χ2n) is 9.80. The van der Waals surface area contributed by atoms with Gasteiger partial charge in [0.25, 0.3) is 0 Å². The Morgan fingerprint density at radius 1 is 1.21 bits per heavy atom. The highest BCUT2D eigenvalue weighted by Gasteiger charge is 2.50. The first-order chi connectivity index (χ1) is 11.0. The maximum absolute atomic E-state index is 6.42. The Morgan fingerprint density at radius 3 is 2.58 bits per heavy atom. The third-order valence-corrected chi connectivity index (χ3v) is 5.11. The number of fused-ring (bicyclic) bond motifs is 2. The van der Waals surface area contributed by atoms with E-state index in [0.717, 1.165) is 12.4 Å². The summed E-state index contributed by atoms with van der Waals surface area (Å²) in [5.41, 5.74) is 14.1. The van der Waals surface area contributed by atoms with Crippen LogP contribution >= 0.6 is 0 Å². The summed E-state index contributed by atoms with van der Waals surface area (Å²) in [7, 11) is 0. The molecule has 1 aromatic heterocycles. The van der Waals surface area contributed by atoms with Crippen molar-refractivity contribution in [3.63, 3.8) is 0 Å². The zero-order chi connectivity index (χ0) is 17.8. The number of rotatable bonds is 3. The highest BCUT2D eigenvalue weighted by Crippen LogP contribution is 2.53. The van der Waals surface area contributed by atoms with E-state index < -0.39 is 0 Å². The Hall–Kier alpha value is -1.56. The summed E-state index contributed by atoms with van der Waals surface area (Å²) >= 11 is 0. The van der Waals surface area contributed by atoms with E-state index in [-0.39, 0.29) is 5.54 Å². The summed E-state index contributed by atoms with van der Waals surface area (Å²) in [5.74, 6) is 1.52. The summed E-state index contributed by atoms with van der Waals surface area (Å²) in [6.45, 7) is 14.4. The number of nitrogen functional groups attached to an aromatic ring is 1. The molecule has 1 saturated heterocycles. The molecule has 2 fully saturated rings. The van der Waals surface area contributed by atoms with Crippen molar-refractivity contribution in [3.05, 3.63) is 6.33 Å². The molecule has 134 valence electrons. The lowest BCUT2D eigenvalue weighted by atomic mass is 9.65. The molecule has 24 heavy (non-hydrogen) atoms. The van der Waals surface area contributed by atoms with Crippen LogP contribution in [0.15, 0.2) is 6.33 Å². The molecule has 1 aliphatic heterocycles. The van der Waals surface area contributed by atoms with Crippen LogP contribution < -0.4 is 21.5 Å². The van der Waals surface area contributed by atoms with Gasteiger partial charge in [0.2, 0.25) is 0 Å². The van der Waals surface area contributed by atoms with Crippen LogP contribution in [-0.2, 0) is 0 Å². The summed E-state index contributed by atoms with van der Waals surface area (Å²) in [4.78, 5) is 11.2. The largest absolute Gasteiger partial charge is 0.393 e. The van der Waals surface area contributed by atoms with Crippen molar-refractivity contribution in [1.82, 2.24) is 15.4 Å². The van der Waals surface area contributed by atoms with Gasteiger partial charge in [0.05, 0.1) is 0 Å². The summed E-state index contributed by atoms with van der Waals surface area (Å²) in [6.07, 6.45) is 5.28. The second kappa shape index (κ2) is 5.48. The molecule has 3 rings (SSSR count). The summed E-state index contributed by atoms with van der Waals surface area (Å²) < 4.78 is 0. The van der Waals surface area contributed by atoms with Crippen molar-refractivity contribution in [2.24, 2.45) is 10.8 Å². The molecule has 4 N–H and O–H groups in total. The Balaban J connectivity index is 1.85. The van der Waals surface area contributed by atoms with E-state index in [4.69, 9.17) is 5.73 Å². The maximum Gasteiger partial charge on any atom is 0.169 e. The Bertz CT molecular complexity index is 620. The number of hydrazine groups is 1. The van der Waals surface area contributed by atoms with Crippen LogP contribution in [0.3, 0.4) is 0 Å². The van der Waals surface area contributed by atoms with Gasteiger partial charge in [0.1, 0.15) is 12.0 Å². The number of hydrogen-bond donors (Lipinski definition) is 3. The SMILES string of the molecule is CC1(C)CC2CC(C)(CN2c2ncnc(NNC(C)(C)C)c2N)C1. The van der Waals surface area contributed by atoms with Crippen molar-refractivity contribution in [1.29, 1.82) is 0 Å². The highest BCUT2D eigenvalue weighted by atomic mass is 15.4. The number of nitrogens with zero attached hydrogens (tertiary/aromatic N) is 3. The fraction of sp³-hybridized carbons (Fsp3) is 0.778. The van der Waals surface area contributed by atoms with Crippen molar-refractivity contribution >= 4 is 17.3 Å². The first-order valence-electron chi connectivity index (χ1n) is 8.88. The number of hydrogen-bond acceptors (Lipinski definition) is 6. The molecule has 2 aliphatic rings. The highest BCUT2D eigenvalue weighted by molar-refractivity contribution is 5.75. The van der Waals surface area contributed by atoms with Gasteiger partial charge in [-0.15, -0.1) is 0 Å². The number of nitrogens with one attached hydrogen (secondary N) is 2. The van der Waals surface area contributed by atoms with Crippen LogP contribution in [-0.4, -0.2) is 28.1 Å². The molecule has 0 spiro atoms. The van der Waals surface area contributed by atoms with Crippen LogP contribution in [0.1, 0.15) is 60.8 Å². The molecule has 6 heteroatoms. The van der Waals surface area contributed by atoms with E-state index in [1.807, 2.05) is 0 Å². The van der Waals surface area contributed by atoms with Gasteiger partial charge in [-0.3, -0.25) is 0 Å². The minimum Gasteiger partial charge on any atom is -0.393 e. The van der Waals surface area contributed by atoms with E-state index in [2.05, 4.69) is 67.3 Å². The van der Waals surface area contributed by atoms with Gasteiger partial charge in [-0.25, -0.2) is 15.4 Å². The molecule has 0 amide bonds. The molecular formula is C18H32N6. The van der Waals surface area contributed by atoms with Gasteiger partial charge in [0, 0.05) is 18.1 Å². The quantitative estimate of drug-likeness (QED) is 0.738. The van der Waals surface area contributed by atoms with Crippen LogP contribution in [0.2, 0.25) is 0 Å². The van der Waals surface area contributed by atoms with Gasteiger partial charge < -0.3 is 16.1 Å². The zero-order valence-corrected chi connectivity index (χ0v) is 15.9. The Kier molecular flexibility index (Phi) is 3.94. The Labute approximate surface area is 145 Å². The number of nitrogens with two attached hydrogens (primary N) is 1. The van der Waals surface area contributed by atoms with E-state index >= 15 is 0 Å². The first kappa shape index (κ1) is 17.3. The Morgan fingerprint density at radius 2 is 1.92 bits per heavy atom. The average molecular weight is 332 g/mol. The second-order valence-corrected chi connectivity index (χ2v) is 9.80. The van der Waals surface area contributed by atoms with Crippen molar-refractivity contribution in [2.45, 2.75) is 72.4 Å². The minimum atomic E-state index is -0.0702. The molecule has 1 saturated carbocycles. The van der Waals surface area contributed by atoms with Crippen LogP contribution in [0.4, 0.5) is 17.3 Å². The summed E-state index contributed by atoms with van der Waals surface area (Å²) in [6, 6.07) is 0.513. The lowest BCUT2D eigenvalue weighted by molar-refractivity contribution is 0.136. The molecule has 0 aromatic carbocycles. The van der Waals surface area contributed by atoms with Gasteiger partial charge >= 0.3 is 0 Å². The van der Waals surface area contributed by atoms with Gasteiger partial charge in [0.15, 0.2) is 11.6 Å². The third-order valence-electron chi connectivity index (χ3n) is 5.11. The third kappa shape index (κ3) is 3.43. The fourth-order valence-electron chi connectivity index (χ4n) is 4.67. The molecule has 2 heterocycles. The molecule has 1 aliphatic carbocycles. The summed E-state index contributed by atoms with van der Waals surface area (Å²) in [5, 5.41) is 0. The smallest absolute Gasteiger partial charge is 0.169 e. The first-order valence-corrected chi connectivity index (χ1v) is 8.88. The predicted molar refractivity (Wildman–Crippen MR) is 99.8 cm³/mol. The lowest BCUT2D eigenvalue weighted by Crippen LogP contribution is -2.40. The van der Waals surface area contributed by atoms with Crippen molar-refractivity contribution < 1.29 is 0 Å². The molecule has 6 nitrogen and oxygen atoms in total. The number of aromatic nitrogens is 2. The van der Waals surface area contributed by atoms with Crippen LogP contribution in [0.25, 0.3) is 0 Å². The monoisotopic (exact) mass is 332 g/mol. The zero-order valence-electron chi connectivity index (χ0n) is 15.9. The van der Waals surface area contributed by atoms with E-state index in [1.165, 1.54) is 19.3 Å². The molecule has 0 radical (unpaired) electrons. The molecular weight excluding hydrogens is 300 g/mol. The van der Waals surface area contributed by atoms with Crippen LogP contribution in [0, 0.1) is 10.8 Å². The average Bonchev–Trinajstić information content (AvgIpc) is 2.65. The van der Waals surface area contributed by atoms with E-state index in [9.17, 15) is 0 Å². The fourth-order valence-corrected chi connectivity index (χ4v) is 4.67. The molecule has 2 unspecified atom stereocenters. The van der Waals surface area contributed by atoms with Crippen molar-refractivity contribution in [3.8, 4) is 0 Å². The van der Waals surface area contributed by atoms with Gasteiger partial charge in [-0.1, -0.05) is 20.8 Å². The van der Waals surface area contributed by atoms with Gasteiger partial charge in [-0.2, -0.15) is 0 Å². The molecule has 2 bridgehead atoms. The van der Waals surface area contributed by atoms with E-state index in [1.54, 1.807) is 6.33 Å². The minimum absolute atomic E-state index is 0.0702. The van der Waals surface area contributed by atoms with Crippen LogP contribution in [0.5, 0.6) is 0 Å². The standard InChI is InChI=1S/C18H32N6/c1-16(2,3)23-22-14-13(19)15(21-11-20-14)24-10-18(6)8-12(24)7-17(4,5)9-18/h11-12,23H,7-10,19H2,1-6H3,(H,20,21,22). The lowest BCUT2D eigenvalue weighted by Gasteiger charge is -2.39. The van der Waals surface area contributed by atoms with Crippen molar-refractivity contribution in [2.75, 3.05) is 22.6 Å². The molecule has 1 aromatic rings. The topological polar surface area (TPSA) is 79.1 Å². The number of anilines is 3. The molecule has 2 atom stereocenters. The van der Waals surface area contributed by atoms with E-state index in [0.29, 0.717) is 28.4 Å². The maximum atomic E-state index is 6.42. The predicted octanol–water partition coefficient (Wildman–Crippen LogP) is 3.18. The van der Waals surface area contributed by atoms with Gasteiger partial charge in [-0.05, 0) is 50.9 Å².